The van der Waals surface area contributed by atoms with Gasteiger partial charge in [0.25, 0.3) is 0 Å². The van der Waals surface area contributed by atoms with Gasteiger partial charge in [-0.3, -0.25) is 0 Å². The summed E-state index contributed by atoms with van der Waals surface area (Å²) in [4.78, 5) is 4.72. The molecule has 3 aromatic rings. The molecule has 0 aliphatic carbocycles. The van der Waals surface area contributed by atoms with E-state index in [1.54, 1.807) is 0 Å². The smallest absolute Gasteiger partial charge is 0.217 e. The Labute approximate surface area is 152 Å². The zero-order valence-electron chi connectivity index (χ0n) is 15.1. The summed E-state index contributed by atoms with van der Waals surface area (Å²) in [7, 11) is 0. The van der Waals surface area contributed by atoms with E-state index in [1.165, 1.54) is 11.1 Å². The standard InChI is InChI=1S/C20H24N4O2/c1-3-14-5-7-15(8-6-14)12-24-20(17-10-16(25)11-21-17)22-19(23-24)18-9-4-13(2)26-18/h4-9,16-17,21,25H,3,10-12H2,1-2H3/t16-,17+/m1/s1. The molecule has 0 unspecified atom stereocenters. The molecule has 1 aliphatic rings. The number of nitrogens with zero attached hydrogens (tertiary/aromatic N) is 3. The highest BCUT2D eigenvalue weighted by molar-refractivity contribution is 5.46. The van der Waals surface area contributed by atoms with Crippen molar-refractivity contribution in [2.24, 2.45) is 0 Å². The largest absolute Gasteiger partial charge is 0.458 e. The predicted octanol–water partition coefficient (Wildman–Crippen LogP) is 2.85. The number of nitrogens with one attached hydrogen (secondary N) is 1. The van der Waals surface area contributed by atoms with Crippen molar-refractivity contribution in [3.63, 3.8) is 0 Å². The summed E-state index contributed by atoms with van der Waals surface area (Å²) in [6.07, 6.45) is 1.33. The highest BCUT2D eigenvalue weighted by Gasteiger charge is 2.29. The summed E-state index contributed by atoms with van der Waals surface area (Å²) in [6.45, 7) is 5.28. The van der Waals surface area contributed by atoms with Crippen molar-refractivity contribution in [1.82, 2.24) is 20.1 Å². The Morgan fingerprint density at radius 2 is 1.96 bits per heavy atom. The van der Waals surface area contributed by atoms with Crippen molar-refractivity contribution in [3.05, 3.63) is 59.1 Å². The first-order valence-corrected chi connectivity index (χ1v) is 9.13. The molecule has 1 saturated heterocycles. The zero-order valence-corrected chi connectivity index (χ0v) is 15.1. The van der Waals surface area contributed by atoms with Gasteiger partial charge in [-0.15, -0.1) is 5.10 Å². The molecule has 2 atom stereocenters. The number of hydrogen-bond donors (Lipinski definition) is 2. The minimum Gasteiger partial charge on any atom is -0.458 e. The van der Waals surface area contributed by atoms with Gasteiger partial charge < -0.3 is 14.8 Å². The van der Waals surface area contributed by atoms with E-state index in [1.807, 2.05) is 23.7 Å². The van der Waals surface area contributed by atoms with E-state index in [2.05, 4.69) is 36.5 Å². The second-order valence-corrected chi connectivity index (χ2v) is 6.88. The van der Waals surface area contributed by atoms with Gasteiger partial charge in [0.1, 0.15) is 11.6 Å². The molecule has 4 rings (SSSR count). The van der Waals surface area contributed by atoms with E-state index in [-0.39, 0.29) is 12.1 Å². The maximum Gasteiger partial charge on any atom is 0.217 e. The van der Waals surface area contributed by atoms with E-state index in [4.69, 9.17) is 14.5 Å². The first-order chi connectivity index (χ1) is 12.6. The highest BCUT2D eigenvalue weighted by Crippen LogP contribution is 2.26. The normalized spacial score (nSPS) is 20.0. The molecule has 26 heavy (non-hydrogen) atoms. The molecule has 2 aromatic heterocycles. The zero-order chi connectivity index (χ0) is 18.1. The van der Waals surface area contributed by atoms with Crippen LogP contribution in [0.5, 0.6) is 0 Å². The molecule has 3 heterocycles. The first kappa shape index (κ1) is 17.0. The Balaban J connectivity index is 1.67. The van der Waals surface area contributed by atoms with E-state index >= 15 is 0 Å². The molecule has 1 aliphatic heterocycles. The van der Waals surface area contributed by atoms with Crippen molar-refractivity contribution in [2.45, 2.75) is 45.4 Å². The number of aliphatic hydroxyl groups excluding tert-OH is 1. The SMILES string of the molecule is CCc1ccc(Cn2nc(-c3ccc(C)o3)nc2[C@@H]2C[C@@H](O)CN2)cc1. The van der Waals surface area contributed by atoms with Crippen LogP contribution in [0.1, 0.15) is 42.1 Å². The second-order valence-electron chi connectivity index (χ2n) is 6.88. The van der Waals surface area contributed by atoms with Crippen molar-refractivity contribution in [2.75, 3.05) is 6.54 Å². The molecule has 0 spiro atoms. The summed E-state index contributed by atoms with van der Waals surface area (Å²) in [5.41, 5.74) is 2.49. The quantitative estimate of drug-likeness (QED) is 0.738. The van der Waals surface area contributed by atoms with Crippen LogP contribution in [0.2, 0.25) is 0 Å². The van der Waals surface area contributed by atoms with Crippen molar-refractivity contribution in [1.29, 1.82) is 0 Å². The van der Waals surface area contributed by atoms with E-state index in [0.717, 1.165) is 18.0 Å². The number of β-amino-alcohol motifs (C(OH)–C–C–N with tert-alkyl or cyclic N) is 1. The van der Waals surface area contributed by atoms with Crippen LogP contribution < -0.4 is 5.32 Å². The van der Waals surface area contributed by atoms with Crippen LogP contribution in [0.4, 0.5) is 0 Å². The van der Waals surface area contributed by atoms with Crippen molar-refractivity contribution in [3.8, 4) is 11.6 Å². The third kappa shape index (κ3) is 3.43. The molecule has 0 amide bonds. The van der Waals surface area contributed by atoms with Crippen LogP contribution in [-0.4, -0.2) is 32.5 Å². The topological polar surface area (TPSA) is 76.1 Å². The fourth-order valence-electron chi connectivity index (χ4n) is 3.35. The number of aliphatic hydroxyl groups is 1. The molecule has 136 valence electrons. The van der Waals surface area contributed by atoms with E-state index < -0.39 is 0 Å². The molecule has 1 fully saturated rings. The average Bonchev–Trinajstić information content (AvgIpc) is 3.35. The maximum atomic E-state index is 9.89. The third-order valence-corrected chi connectivity index (χ3v) is 4.84. The van der Waals surface area contributed by atoms with Gasteiger partial charge in [0.05, 0.1) is 18.7 Å². The summed E-state index contributed by atoms with van der Waals surface area (Å²) in [6, 6.07) is 12.4. The summed E-state index contributed by atoms with van der Waals surface area (Å²) < 4.78 is 7.61. The van der Waals surface area contributed by atoms with Gasteiger partial charge in [-0.05, 0) is 43.0 Å². The number of furan rings is 1. The molecule has 6 nitrogen and oxygen atoms in total. The van der Waals surface area contributed by atoms with E-state index in [9.17, 15) is 5.11 Å². The third-order valence-electron chi connectivity index (χ3n) is 4.84. The summed E-state index contributed by atoms with van der Waals surface area (Å²) in [5.74, 6) is 2.93. The Bertz CT molecular complexity index is 882. The lowest BCUT2D eigenvalue weighted by Gasteiger charge is -2.12. The van der Waals surface area contributed by atoms with Crippen molar-refractivity contribution >= 4 is 0 Å². The Hall–Kier alpha value is -2.44. The Morgan fingerprint density at radius 1 is 1.19 bits per heavy atom. The van der Waals surface area contributed by atoms with Gasteiger partial charge >= 0.3 is 0 Å². The van der Waals surface area contributed by atoms with Gasteiger partial charge in [-0.2, -0.15) is 0 Å². The lowest BCUT2D eigenvalue weighted by atomic mass is 10.1. The minimum atomic E-state index is -0.344. The van der Waals surface area contributed by atoms with Gasteiger partial charge in [-0.25, -0.2) is 9.67 Å². The Morgan fingerprint density at radius 3 is 2.58 bits per heavy atom. The fraction of sp³-hybridized carbons (Fsp3) is 0.400. The number of aryl methyl sites for hydroxylation is 2. The van der Waals surface area contributed by atoms with Crippen LogP contribution in [-0.2, 0) is 13.0 Å². The van der Waals surface area contributed by atoms with Crippen LogP contribution >= 0.6 is 0 Å². The lowest BCUT2D eigenvalue weighted by molar-refractivity contribution is 0.192. The number of rotatable bonds is 5. The van der Waals surface area contributed by atoms with Crippen LogP contribution in [0.15, 0.2) is 40.8 Å². The first-order valence-electron chi connectivity index (χ1n) is 9.13. The second kappa shape index (κ2) is 7.05. The number of hydrogen-bond acceptors (Lipinski definition) is 5. The summed E-state index contributed by atoms with van der Waals surface area (Å²) in [5, 5.41) is 17.9. The van der Waals surface area contributed by atoms with Crippen molar-refractivity contribution < 1.29 is 9.52 Å². The molecule has 0 bridgehead atoms. The van der Waals surface area contributed by atoms with Gasteiger partial charge in [0, 0.05) is 6.54 Å². The molecular formula is C20H24N4O2. The van der Waals surface area contributed by atoms with Gasteiger partial charge in [0.2, 0.25) is 5.82 Å². The van der Waals surface area contributed by atoms with Gasteiger partial charge in [0.15, 0.2) is 5.76 Å². The Kier molecular flexibility index (Phi) is 4.61. The highest BCUT2D eigenvalue weighted by atomic mass is 16.3. The minimum absolute atomic E-state index is 0.00257. The lowest BCUT2D eigenvalue weighted by Crippen LogP contribution is -2.19. The van der Waals surface area contributed by atoms with E-state index in [0.29, 0.717) is 31.1 Å². The maximum absolute atomic E-state index is 9.89. The van der Waals surface area contributed by atoms with Crippen LogP contribution in [0, 0.1) is 6.92 Å². The molecule has 0 saturated carbocycles. The monoisotopic (exact) mass is 352 g/mol. The predicted molar refractivity (Wildman–Crippen MR) is 98.8 cm³/mol. The molecule has 2 N–H and O–H groups in total. The molecular weight excluding hydrogens is 328 g/mol. The van der Waals surface area contributed by atoms with Crippen LogP contribution in [0.25, 0.3) is 11.6 Å². The number of benzene rings is 1. The molecule has 6 heteroatoms. The van der Waals surface area contributed by atoms with Gasteiger partial charge in [-0.1, -0.05) is 31.2 Å². The molecule has 1 aromatic carbocycles. The average molecular weight is 352 g/mol. The van der Waals surface area contributed by atoms with Crippen LogP contribution in [0.3, 0.4) is 0 Å². The summed E-state index contributed by atoms with van der Waals surface area (Å²) >= 11 is 0. The number of aromatic nitrogens is 3. The molecule has 0 radical (unpaired) electrons. The fourth-order valence-corrected chi connectivity index (χ4v) is 3.35.